The van der Waals surface area contributed by atoms with Gasteiger partial charge >= 0.3 is 128 Å². The van der Waals surface area contributed by atoms with Crippen LogP contribution in [0.2, 0.25) is 0 Å². The van der Waals surface area contributed by atoms with Gasteiger partial charge in [0.05, 0.1) is 18.7 Å². The van der Waals surface area contributed by atoms with Crippen molar-refractivity contribution in [3.8, 4) is 34.5 Å². The summed E-state index contributed by atoms with van der Waals surface area (Å²) in [5, 5.41) is 36.6. The Morgan fingerprint density at radius 1 is 0.429 bits per heavy atom. The number of hydrogen-bond acceptors (Lipinski definition) is 9. The first-order valence-corrected chi connectivity index (χ1v) is 20.9. The summed E-state index contributed by atoms with van der Waals surface area (Å²) in [7, 11) is 0. The molecule has 0 aliphatic rings. The van der Waals surface area contributed by atoms with Crippen molar-refractivity contribution in [3.05, 3.63) is 278 Å². The van der Waals surface area contributed by atoms with Gasteiger partial charge in [0.15, 0.2) is 0 Å². The molecule has 3 heterocycles. The summed E-state index contributed by atoms with van der Waals surface area (Å²) in [6.07, 6.45) is 0.381. The minimum atomic E-state index is -0.771. The van der Waals surface area contributed by atoms with Crippen LogP contribution in [0.25, 0.3) is 16.8 Å². The SMILES string of the molecule is O=c1[nH]c([O-])c(-c2ccccc2)c(=O)n1Cc1ccccc1.O=c1[nH]c([O-])c(Cc2ccccc2)c(=O)[nH]1.O=c1c(Cc2ccccc2)c([O-])n(-c2ccccc2)c(=O)n1Cc1ccccc1.[K+].[Na+].[Na+]. The maximum absolute atomic E-state index is 13.2. The van der Waals surface area contributed by atoms with Crippen LogP contribution in [0.3, 0.4) is 0 Å². The smallest absolute Gasteiger partial charge is 0.860 e. The molecule has 9 aromatic rings. The van der Waals surface area contributed by atoms with E-state index in [1.165, 1.54) is 0 Å². The Bertz CT molecular complexity index is 3460. The number of benzene rings is 6. The number of para-hydroxylation sites is 1. The molecule has 0 aliphatic carbocycles. The summed E-state index contributed by atoms with van der Waals surface area (Å²) < 4.78 is 3.27. The van der Waals surface area contributed by atoms with E-state index in [2.05, 4.69) is 4.98 Å². The molecule has 0 saturated heterocycles. The zero-order valence-electron chi connectivity index (χ0n) is 38.7. The van der Waals surface area contributed by atoms with Gasteiger partial charge in [-0.2, -0.15) is 0 Å². The van der Waals surface area contributed by atoms with Crippen LogP contribution in [-0.2, 0) is 25.9 Å². The summed E-state index contributed by atoms with van der Waals surface area (Å²) in [6.45, 7) is 0.225. The maximum Gasteiger partial charge on any atom is 1.00 e. The third-order valence-electron chi connectivity index (χ3n) is 10.4. The maximum atomic E-state index is 13.2. The standard InChI is InChI=1S/C24H20N2O3.C17H14N2O3.C11H10N2O3.K.2Na/c27-22-21(16-18-10-4-1-5-11-18)23(28)26(20-14-8-3-9-15-20)24(29)25(22)17-19-12-6-2-7-13-19;20-15-14(13-9-5-2-6-10-13)16(21)19(17(22)18-15)11-12-7-3-1-4-8-12;14-9-8(10(15)13-11(16)12-9)6-7-4-2-1-3-5-7;;;/h1-15,28H,16-17H2;1-10,20H,11H2,(H,18,22);1-5H,6H2,(H3,12,13,14,15,16);;;/q;;;3*+1/p-3. The molecule has 3 aromatic heterocycles. The Morgan fingerprint density at radius 3 is 1.31 bits per heavy atom. The van der Waals surface area contributed by atoms with Crippen LogP contribution in [-0.4, -0.2) is 28.7 Å². The van der Waals surface area contributed by atoms with Crippen molar-refractivity contribution >= 4 is 0 Å². The molecule has 3 N–H and O–H groups in total. The van der Waals surface area contributed by atoms with Crippen LogP contribution in [0.15, 0.2) is 211 Å². The van der Waals surface area contributed by atoms with E-state index in [0.717, 1.165) is 36.0 Å². The molecule has 336 valence electrons. The molecule has 18 heteroatoms. The summed E-state index contributed by atoms with van der Waals surface area (Å²) in [6, 6.07) is 54.1. The van der Waals surface area contributed by atoms with Gasteiger partial charge in [-0.1, -0.05) is 170 Å². The second-order valence-electron chi connectivity index (χ2n) is 15.0. The van der Waals surface area contributed by atoms with E-state index >= 15 is 0 Å². The summed E-state index contributed by atoms with van der Waals surface area (Å²) in [4.78, 5) is 79.3. The van der Waals surface area contributed by atoms with Crippen molar-refractivity contribution in [2.75, 3.05) is 0 Å². The van der Waals surface area contributed by atoms with Crippen molar-refractivity contribution in [3.63, 3.8) is 0 Å². The van der Waals surface area contributed by atoms with E-state index in [9.17, 15) is 44.1 Å². The van der Waals surface area contributed by atoms with Crippen molar-refractivity contribution in [2.24, 2.45) is 0 Å². The fourth-order valence-electron chi connectivity index (χ4n) is 7.12. The molecular weight excluding hydrogens is 938 g/mol. The van der Waals surface area contributed by atoms with Gasteiger partial charge in [0, 0.05) is 29.7 Å². The second kappa shape index (κ2) is 27.7. The molecule has 0 saturated carbocycles. The van der Waals surface area contributed by atoms with Crippen LogP contribution in [0, 0.1) is 0 Å². The number of rotatable bonds is 10. The van der Waals surface area contributed by atoms with Crippen LogP contribution in [0.5, 0.6) is 17.6 Å². The Hall–Kier alpha value is -5.60. The quantitative estimate of drug-likeness (QED) is 0.111. The monoisotopic (exact) mass is 978 g/mol. The molecule has 9 rings (SSSR count). The molecular formula is C52H41KN6Na2O9. The Morgan fingerprint density at radius 2 is 0.843 bits per heavy atom. The molecule has 0 amide bonds. The number of nitrogens with zero attached hydrogens (tertiary/aromatic N) is 3. The number of aromatic nitrogens is 6. The van der Waals surface area contributed by atoms with Gasteiger partial charge < -0.3 is 25.3 Å². The first-order chi connectivity index (χ1) is 32.5. The fraction of sp³-hybridized carbons (Fsp3) is 0.0769. The normalized spacial score (nSPS) is 10.1. The van der Waals surface area contributed by atoms with Gasteiger partial charge in [-0.25, -0.2) is 14.4 Å². The van der Waals surface area contributed by atoms with Crippen molar-refractivity contribution in [2.45, 2.75) is 25.9 Å². The summed E-state index contributed by atoms with van der Waals surface area (Å²) in [5.74, 6) is -1.86. The topological polar surface area (TPSA) is 234 Å². The Labute approximate surface area is 486 Å². The van der Waals surface area contributed by atoms with E-state index in [1.807, 2.05) is 137 Å². The average Bonchev–Trinajstić information content (AvgIpc) is 3.34. The molecule has 0 fully saturated rings. The molecule has 0 atom stereocenters. The molecule has 0 unspecified atom stereocenters. The fourth-order valence-corrected chi connectivity index (χ4v) is 7.12. The third kappa shape index (κ3) is 14.7. The largest absolute Gasteiger partial charge is 1.00 e. The summed E-state index contributed by atoms with van der Waals surface area (Å²) >= 11 is 0. The van der Waals surface area contributed by atoms with Crippen LogP contribution < -0.4 is 160 Å². The second-order valence-corrected chi connectivity index (χ2v) is 15.0. The van der Waals surface area contributed by atoms with Gasteiger partial charge in [0.2, 0.25) is 0 Å². The molecule has 0 bridgehead atoms. The number of nitrogens with one attached hydrogen (secondary N) is 3. The Balaban J connectivity index is 0.000000233. The van der Waals surface area contributed by atoms with Gasteiger partial charge in [-0.3, -0.25) is 33.1 Å². The molecule has 6 aromatic carbocycles. The van der Waals surface area contributed by atoms with Gasteiger partial charge in [-0.05, 0) is 57.6 Å². The molecule has 70 heavy (non-hydrogen) atoms. The van der Waals surface area contributed by atoms with Crippen molar-refractivity contribution in [1.82, 2.24) is 28.7 Å². The third-order valence-corrected chi connectivity index (χ3v) is 10.4. The van der Waals surface area contributed by atoms with Crippen LogP contribution in [0.4, 0.5) is 0 Å². The molecule has 15 nitrogen and oxygen atoms in total. The van der Waals surface area contributed by atoms with E-state index in [1.54, 1.807) is 54.6 Å². The Kier molecular flexibility index (Phi) is 22.5. The molecule has 0 spiro atoms. The van der Waals surface area contributed by atoms with Crippen LogP contribution in [0.1, 0.15) is 33.4 Å². The minimum Gasteiger partial charge on any atom is -0.860 e. The van der Waals surface area contributed by atoms with Gasteiger partial charge in [0.25, 0.3) is 16.7 Å². The summed E-state index contributed by atoms with van der Waals surface area (Å²) in [5.41, 5.74) is 0.511. The first kappa shape index (κ1) is 57.0. The van der Waals surface area contributed by atoms with E-state index in [4.69, 9.17) is 0 Å². The first-order valence-electron chi connectivity index (χ1n) is 20.9. The van der Waals surface area contributed by atoms with Gasteiger partial charge in [-0.15, -0.1) is 0 Å². The van der Waals surface area contributed by atoms with Crippen LogP contribution >= 0.6 is 0 Å². The molecule has 0 radical (unpaired) electrons. The van der Waals surface area contributed by atoms with E-state index in [0.29, 0.717) is 11.3 Å². The number of aromatic amines is 3. The zero-order chi connectivity index (χ0) is 47.3. The number of H-pyrrole nitrogens is 3. The van der Waals surface area contributed by atoms with Crippen molar-refractivity contribution < 1.29 is 126 Å². The average molecular weight is 979 g/mol. The van der Waals surface area contributed by atoms with E-state index < -0.39 is 51.4 Å². The van der Waals surface area contributed by atoms with Gasteiger partial charge in [0.1, 0.15) is 0 Å². The minimum absolute atomic E-state index is 0. The van der Waals surface area contributed by atoms with Crippen molar-refractivity contribution in [1.29, 1.82) is 0 Å². The predicted molar refractivity (Wildman–Crippen MR) is 249 cm³/mol. The molecule has 0 aliphatic heterocycles. The van der Waals surface area contributed by atoms with E-state index in [-0.39, 0.29) is 153 Å². The zero-order valence-corrected chi connectivity index (χ0v) is 45.8. The predicted octanol–water partition coefficient (Wildman–Crippen LogP) is -5.22. The number of hydrogen-bond donors (Lipinski definition) is 3.